The van der Waals surface area contributed by atoms with Gasteiger partial charge in [0.1, 0.15) is 12.2 Å². The number of nitrogens with one attached hydrogen (secondary N) is 3. The van der Waals surface area contributed by atoms with Crippen LogP contribution < -0.4 is 16.0 Å². The van der Waals surface area contributed by atoms with Gasteiger partial charge in [-0.25, -0.2) is 9.59 Å². The van der Waals surface area contributed by atoms with E-state index < -0.39 is 24.3 Å². The van der Waals surface area contributed by atoms with E-state index in [1.807, 2.05) is 0 Å². The predicted molar refractivity (Wildman–Crippen MR) is 131 cm³/mol. The van der Waals surface area contributed by atoms with Gasteiger partial charge in [-0.2, -0.15) is 0 Å². The second-order valence-corrected chi connectivity index (χ2v) is 8.48. The number of esters is 1. The number of amides is 1. The zero-order valence-corrected chi connectivity index (χ0v) is 19.9. The molecule has 10 nitrogen and oxygen atoms in total. The maximum atomic E-state index is 12.3. The van der Waals surface area contributed by atoms with Crippen LogP contribution >= 0.6 is 12.2 Å². The Hall–Kier alpha value is -3.54. The molecule has 0 bridgehead atoms. The minimum Gasteiger partial charge on any atom is -0.465 e. The van der Waals surface area contributed by atoms with E-state index in [1.54, 1.807) is 48.5 Å². The first-order valence-corrected chi connectivity index (χ1v) is 11.3. The van der Waals surface area contributed by atoms with Crippen molar-refractivity contribution in [3.05, 3.63) is 59.7 Å². The molecule has 4 unspecified atom stereocenters. The number of hydrogen-bond acceptors (Lipinski definition) is 8. The number of rotatable bonds is 6. The van der Waals surface area contributed by atoms with Gasteiger partial charge in [-0.05, 0) is 61.6 Å². The highest BCUT2D eigenvalue weighted by molar-refractivity contribution is 7.80. The van der Waals surface area contributed by atoms with Crippen LogP contribution in [0.4, 0.5) is 16.2 Å². The lowest BCUT2D eigenvalue weighted by Crippen LogP contribution is -2.46. The maximum Gasteiger partial charge on any atom is 0.412 e. The van der Waals surface area contributed by atoms with Crippen molar-refractivity contribution in [3.63, 3.8) is 0 Å². The zero-order chi connectivity index (χ0) is 24.9. The molecule has 2 saturated heterocycles. The Morgan fingerprint density at radius 1 is 0.943 bits per heavy atom. The minimum absolute atomic E-state index is 0.0563. The summed E-state index contributed by atoms with van der Waals surface area (Å²) >= 11 is 5.40. The van der Waals surface area contributed by atoms with Gasteiger partial charge < -0.3 is 29.6 Å². The highest BCUT2D eigenvalue weighted by Gasteiger charge is 2.49. The molecule has 0 radical (unpaired) electrons. The summed E-state index contributed by atoms with van der Waals surface area (Å²) in [6, 6.07) is 13.0. The number of benzene rings is 2. The molecule has 0 aromatic heterocycles. The number of thiocarbonyl (C=S) groups is 1. The Morgan fingerprint density at radius 2 is 1.69 bits per heavy atom. The number of Topliss-reactive ketones (excluding diaryl/α,β-unsaturated/α-hetero) is 1. The number of fused-ring (bicyclic) bond motifs is 1. The zero-order valence-electron chi connectivity index (χ0n) is 19.1. The standard InChI is InChI=1S/C24H25N3O7S/c1-13(28)14-6-8-16(9-7-14)26-24(30)34-19-12-33-20-18(11-32-21(19)20)27-23(35)25-17-5-3-4-15(10-17)22(29)31-2/h3-10,18-21H,11-12H2,1-2H3,(H,26,30)(H2,25,27,35). The summed E-state index contributed by atoms with van der Waals surface area (Å²) in [5.74, 6) is -0.499. The van der Waals surface area contributed by atoms with E-state index >= 15 is 0 Å². The quantitative estimate of drug-likeness (QED) is 0.310. The van der Waals surface area contributed by atoms with Crippen molar-refractivity contribution >= 4 is 46.6 Å². The van der Waals surface area contributed by atoms with Gasteiger partial charge in [0.15, 0.2) is 17.0 Å². The van der Waals surface area contributed by atoms with Gasteiger partial charge in [0, 0.05) is 16.9 Å². The first-order valence-electron chi connectivity index (χ1n) is 10.9. The van der Waals surface area contributed by atoms with Gasteiger partial charge in [0.05, 0.1) is 31.9 Å². The van der Waals surface area contributed by atoms with Crippen LogP contribution in [0.5, 0.6) is 0 Å². The average molecular weight is 500 g/mol. The lowest BCUT2D eigenvalue weighted by atomic mass is 10.1. The molecule has 1 amide bonds. The number of ketones is 1. The molecule has 2 fully saturated rings. The summed E-state index contributed by atoms with van der Waals surface area (Å²) < 4.78 is 21.9. The Labute approximate surface area is 207 Å². The first-order chi connectivity index (χ1) is 16.8. The van der Waals surface area contributed by atoms with Crippen LogP contribution in [0.1, 0.15) is 27.6 Å². The highest BCUT2D eigenvalue weighted by Crippen LogP contribution is 2.29. The third kappa shape index (κ3) is 5.94. The fourth-order valence-electron chi connectivity index (χ4n) is 3.94. The number of anilines is 2. The van der Waals surface area contributed by atoms with Crippen molar-refractivity contribution in [2.45, 2.75) is 31.3 Å². The van der Waals surface area contributed by atoms with Crippen LogP contribution in [0.15, 0.2) is 48.5 Å². The molecule has 2 aliphatic rings. The van der Waals surface area contributed by atoms with Gasteiger partial charge in [-0.3, -0.25) is 10.1 Å². The molecule has 35 heavy (non-hydrogen) atoms. The minimum atomic E-state index is -0.641. The Bertz CT molecular complexity index is 1120. The Kier molecular flexibility index (Phi) is 7.59. The summed E-state index contributed by atoms with van der Waals surface area (Å²) in [5, 5.41) is 9.17. The fraction of sp³-hybridized carbons (Fsp3) is 0.333. The molecule has 0 spiro atoms. The number of carbonyl (C=O) groups excluding carboxylic acids is 3. The second kappa shape index (κ2) is 10.8. The molecule has 3 N–H and O–H groups in total. The van der Waals surface area contributed by atoms with Gasteiger partial charge in [0.25, 0.3) is 0 Å². The number of hydrogen-bond donors (Lipinski definition) is 3. The van der Waals surface area contributed by atoms with Gasteiger partial charge in [-0.1, -0.05) is 6.07 Å². The summed E-state index contributed by atoms with van der Waals surface area (Å²) in [6.45, 7) is 1.97. The third-order valence-electron chi connectivity index (χ3n) is 5.66. The Balaban J connectivity index is 1.27. The molecule has 0 saturated carbocycles. The van der Waals surface area contributed by atoms with Crippen molar-refractivity contribution in [3.8, 4) is 0 Å². The monoisotopic (exact) mass is 499 g/mol. The summed E-state index contributed by atoms with van der Waals surface area (Å²) in [6.07, 6.45) is -2.02. The van der Waals surface area contributed by atoms with Crippen molar-refractivity contribution < 1.29 is 33.3 Å². The highest BCUT2D eigenvalue weighted by atomic mass is 32.1. The maximum absolute atomic E-state index is 12.3. The van der Waals surface area contributed by atoms with E-state index in [-0.39, 0.29) is 24.5 Å². The topological polar surface area (TPSA) is 124 Å². The normalized spacial score (nSPS) is 22.6. The van der Waals surface area contributed by atoms with E-state index in [4.69, 9.17) is 31.2 Å². The van der Waals surface area contributed by atoms with E-state index in [1.165, 1.54) is 14.0 Å². The van der Waals surface area contributed by atoms with Crippen LogP contribution in [0.25, 0.3) is 0 Å². The smallest absolute Gasteiger partial charge is 0.412 e. The average Bonchev–Trinajstić information content (AvgIpc) is 3.42. The molecule has 11 heteroatoms. The Morgan fingerprint density at radius 3 is 2.40 bits per heavy atom. The third-order valence-corrected chi connectivity index (χ3v) is 5.88. The van der Waals surface area contributed by atoms with Crippen LogP contribution in [-0.4, -0.2) is 67.6 Å². The molecule has 4 rings (SSSR count). The lowest BCUT2D eigenvalue weighted by molar-refractivity contribution is 0.00880. The molecule has 2 aliphatic heterocycles. The molecule has 0 aliphatic carbocycles. The molecule has 4 atom stereocenters. The SMILES string of the molecule is COC(=O)c1cccc(NC(=S)NC2COC3C(OC(=O)Nc4ccc(C(C)=O)cc4)COC23)c1. The van der Waals surface area contributed by atoms with E-state index in [0.717, 1.165) is 0 Å². The van der Waals surface area contributed by atoms with Gasteiger partial charge in [-0.15, -0.1) is 0 Å². The van der Waals surface area contributed by atoms with E-state index in [9.17, 15) is 14.4 Å². The number of methoxy groups -OCH3 is 1. The van der Waals surface area contributed by atoms with Crippen molar-refractivity contribution in [2.24, 2.45) is 0 Å². The number of carbonyl (C=O) groups is 3. The molecule has 2 aromatic rings. The lowest BCUT2D eigenvalue weighted by Gasteiger charge is -2.20. The molecular formula is C24H25N3O7S. The van der Waals surface area contributed by atoms with Crippen molar-refractivity contribution in [1.82, 2.24) is 5.32 Å². The van der Waals surface area contributed by atoms with Crippen molar-refractivity contribution in [2.75, 3.05) is 31.0 Å². The van der Waals surface area contributed by atoms with Gasteiger partial charge in [0.2, 0.25) is 0 Å². The number of ether oxygens (including phenoxy) is 4. The van der Waals surface area contributed by atoms with Crippen LogP contribution in [0.2, 0.25) is 0 Å². The van der Waals surface area contributed by atoms with E-state index in [0.29, 0.717) is 34.2 Å². The second-order valence-electron chi connectivity index (χ2n) is 8.08. The largest absolute Gasteiger partial charge is 0.465 e. The molecule has 2 aromatic carbocycles. The van der Waals surface area contributed by atoms with Gasteiger partial charge >= 0.3 is 12.1 Å². The van der Waals surface area contributed by atoms with Crippen LogP contribution in [0, 0.1) is 0 Å². The van der Waals surface area contributed by atoms with Crippen molar-refractivity contribution in [1.29, 1.82) is 0 Å². The molecule has 184 valence electrons. The molecular weight excluding hydrogens is 474 g/mol. The fourth-order valence-corrected chi connectivity index (χ4v) is 4.21. The summed E-state index contributed by atoms with van der Waals surface area (Å²) in [5.41, 5.74) is 2.09. The van der Waals surface area contributed by atoms with Crippen LogP contribution in [-0.2, 0) is 18.9 Å². The van der Waals surface area contributed by atoms with E-state index in [2.05, 4.69) is 16.0 Å². The summed E-state index contributed by atoms with van der Waals surface area (Å²) in [7, 11) is 1.32. The summed E-state index contributed by atoms with van der Waals surface area (Å²) in [4.78, 5) is 35.4. The predicted octanol–water partition coefficient (Wildman–Crippen LogP) is 2.75. The van der Waals surface area contributed by atoms with Crippen LogP contribution in [0.3, 0.4) is 0 Å². The first kappa shape index (κ1) is 24.6. The molecule has 2 heterocycles.